The third-order valence-corrected chi connectivity index (χ3v) is 3.71. The van der Waals surface area contributed by atoms with Crippen molar-refractivity contribution in [2.75, 3.05) is 5.75 Å². The number of thioether (sulfide) groups is 1. The fourth-order valence-electron chi connectivity index (χ4n) is 1.74. The van der Waals surface area contributed by atoms with Crippen molar-refractivity contribution in [1.29, 1.82) is 0 Å². The van der Waals surface area contributed by atoms with Gasteiger partial charge < -0.3 is 5.11 Å². The predicted octanol–water partition coefficient (Wildman–Crippen LogP) is 1.38. The lowest BCUT2D eigenvalue weighted by Crippen LogP contribution is -2.30. The van der Waals surface area contributed by atoms with Crippen LogP contribution in [0.15, 0.2) is 24.3 Å². The van der Waals surface area contributed by atoms with Crippen LogP contribution in [0.2, 0.25) is 0 Å². The summed E-state index contributed by atoms with van der Waals surface area (Å²) in [5.41, 5.74) is 0.561. The molecule has 2 N–H and O–H groups in total. The van der Waals surface area contributed by atoms with Crippen LogP contribution in [-0.2, 0) is 4.79 Å². The first-order valence-electron chi connectivity index (χ1n) is 4.93. The van der Waals surface area contributed by atoms with Crippen LogP contribution in [0, 0.1) is 10.1 Å². The molecule has 0 bridgehead atoms. The number of para-hydroxylation sites is 1. The molecule has 17 heavy (non-hydrogen) atoms. The topological polar surface area (TPSA) is 92.5 Å². The van der Waals surface area contributed by atoms with E-state index >= 15 is 0 Å². The van der Waals surface area contributed by atoms with Gasteiger partial charge in [-0.25, -0.2) is 4.79 Å². The summed E-state index contributed by atoms with van der Waals surface area (Å²) in [5.74, 6) is -0.432. The SMILES string of the molecule is O=C(O)[C@@H]1N[C@H](c2ccccc2[N+](=O)[O-])CS1. The largest absolute Gasteiger partial charge is 0.479 e. The van der Waals surface area contributed by atoms with Crippen LogP contribution in [0.4, 0.5) is 5.69 Å². The fourth-order valence-corrected chi connectivity index (χ4v) is 2.81. The van der Waals surface area contributed by atoms with Gasteiger partial charge in [0.15, 0.2) is 5.37 Å². The van der Waals surface area contributed by atoms with E-state index in [2.05, 4.69) is 5.32 Å². The quantitative estimate of drug-likeness (QED) is 0.625. The van der Waals surface area contributed by atoms with Gasteiger partial charge in [0.1, 0.15) is 0 Å². The maximum absolute atomic E-state index is 10.8. The molecule has 1 saturated heterocycles. The number of hydrogen-bond acceptors (Lipinski definition) is 5. The molecule has 0 spiro atoms. The van der Waals surface area contributed by atoms with E-state index in [1.54, 1.807) is 18.2 Å². The second kappa shape index (κ2) is 4.72. The molecule has 1 aliphatic heterocycles. The molecule has 7 heteroatoms. The van der Waals surface area contributed by atoms with Gasteiger partial charge in [-0.1, -0.05) is 18.2 Å². The minimum atomic E-state index is -0.948. The molecule has 1 aromatic carbocycles. The average Bonchev–Trinajstić information content (AvgIpc) is 2.78. The first-order valence-corrected chi connectivity index (χ1v) is 5.98. The van der Waals surface area contributed by atoms with Gasteiger partial charge in [0, 0.05) is 23.4 Å². The van der Waals surface area contributed by atoms with E-state index in [1.807, 2.05) is 0 Å². The maximum Gasteiger partial charge on any atom is 0.331 e. The predicted molar refractivity (Wildman–Crippen MR) is 62.9 cm³/mol. The molecule has 1 heterocycles. The number of nitrogens with zero attached hydrogens (tertiary/aromatic N) is 1. The molecule has 2 rings (SSSR count). The van der Waals surface area contributed by atoms with Gasteiger partial charge in [0.2, 0.25) is 0 Å². The van der Waals surface area contributed by atoms with Crippen molar-refractivity contribution in [3.63, 3.8) is 0 Å². The lowest BCUT2D eigenvalue weighted by Gasteiger charge is -2.11. The van der Waals surface area contributed by atoms with E-state index in [-0.39, 0.29) is 11.7 Å². The fraction of sp³-hybridized carbons (Fsp3) is 0.300. The third kappa shape index (κ3) is 2.40. The Morgan fingerprint density at radius 2 is 2.24 bits per heavy atom. The highest BCUT2D eigenvalue weighted by Gasteiger charge is 2.33. The second-order valence-electron chi connectivity index (χ2n) is 3.59. The third-order valence-electron chi connectivity index (χ3n) is 2.52. The molecule has 0 amide bonds. The van der Waals surface area contributed by atoms with Crippen molar-refractivity contribution in [3.8, 4) is 0 Å². The molecular formula is C10H10N2O4S. The second-order valence-corrected chi connectivity index (χ2v) is 4.72. The minimum absolute atomic E-state index is 0.0247. The van der Waals surface area contributed by atoms with E-state index in [4.69, 9.17) is 5.11 Å². The normalized spacial score (nSPS) is 23.5. The number of hydrogen-bond donors (Lipinski definition) is 2. The van der Waals surface area contributed by atoms with Crippen molar-refractivity contribution in [3.05, 3.63) is 39.9 Å². The van der Waals surface area contributed by atoms with E-state index < -0.39 is 16.3 Å². The Hall–Kier alpha value is -1.60. The van der Waals surface area contributed by atoms with Gasteiger partial charge in [-0.15, -0.1) is 11.8 Å². The van der Waals surface area contributed by atoms with Gasteiger partial charge in [-0.3, -0.25) is 15.4 Å². The number of nitrogens with one attached hydrogen (secondary N) is 1. The molecule has 1 fully saturated rings. The van der Waals surface area contributed by atoms with Crippen LogP contribution in [-0.4, -0.2) is 27.1 Å². The Bertz CT molecular complexity index is 465. The number of nitro benzene ring substituents is 1. The van der Waals surface area contributed by atoms with E-state index in [0.29, 0.717) is 11.3 Å². The summed E-state index contributed by atoms with van der Waals surface area (Å²) in [6, 6.07) is 6.10. The van der Waals surface area contributed by atoms with E-state index in [9.17, 15) is 14.9 Å². The van der Waals surface area contributed by atoms with Gasteiger partial charge >= 0.3 is 5.97 Å². The van der Waals surface area contributed by atoms with Crippen LogP contribution in [0.1, 0.15) is 11.6 Å². The zero-order chi connectivity index (χ0) is 12.4. The van der Waals surface area contributed by atoms with E-state index in [1.165, 1.54) is 17.8 Å². The van der Waals surface area contributed by atoms with Crippen molar-refractivity contribution < 1.29 is 14.8 Å². The summed E-state index contributed by atoms with van der Waals surface area (Å²) in [4.78, 5) is 21.2. The van der Waals surface area contributed by atoms with Crippen LogP contribution in [0.25, 0.3) is 0 Å². The molecule has 0 radical (unpaired) electrons. The van der Waals surface area contributed by atoms with Crippen LogP contribution < -0.4 is 5.32 Å². The Morgan fingerprint density at radius 3 is 2.82 bits per heavy atom. The lowest BCUT2D eigenvalue weighted by atomic mass is 10.1. The summed E-state index contributed by atoms with van der Waals surface area (Å²) >= 11 is 1.24. The summed E-state index contributed by atoms with van der Waals surface area (Å²) in [6.07, 6.45) is 0. The average molecular weight is 254 g/mol. The summed E-state index contributed by atoms with van der Waals surface area (Å²) in [7, 11) is 0. The van der Waals surface area contributed by atoms with Crippen molar-refractivity contribution in [2.24, 2.45) is 0 Å². The monoisotopic (exact) mass is 254 g/mol. The zero-order valence-corrected chi connectivity index (χ0v) is 9.52. The number of carbonyl (C=O) groups is 1. The van der Waals surface area contributed by atoms with Gasteiger partial charge in [-0.05, 0) is 0 Å². The molecule has 0 unspecified atom stereocenters. The van der Waals surface area contributed by atoms with Gasteiger partial charge in [0.05, 0.1) is 4.92 Å². The molecule has 2 atom stereocenters. The van der Waals surface area contributed by atoms with Crippen molar-refractivity contribution in [1.82, 2.24) is 5.32 Å². The van der Waals surface area contributed by atoms with Crippen molar-refractivity contribution in [2.45, 2.75) is 11.4 Å². The first kappa shape index (κ1) is 11.9. The summed E-state index contributed by atoms with van der Waals surface area (Å²) in [5, 5.41) is 21.9. The zero-order valence-electron chi connectivity index (χ0n) is 8.70. The number of aliphatic carboxylic acids is 1. The molecule has 0 aromatic heterocycles. The molecule has 1 aromatic rings. The molecular weight excluding hydrogens is 244 g/mol. The standard InChI is InChI=1S/C10H10N2O4S/c13-10(14)9-11-7(5-17-9)6-3-1-2-4-8(6)12(15)16/h1-4,7,9,11H,5H2,(H,13,14)/t7-,9+/m0/s1. The maximum atomic E-state index is 10.8. The number of carboxylic acid groups (broad SMARTS) is 1. The highest BCUT2D eigenvalue weighted by atomic mass is 32.2. The minimum Gasteiger partial charge on any atom is -0.479 e. The van der Waals surface area contributed by atoms with Crippen LogP contribution >= 0.6 is 11.8 Å². The number of carboxylic acids is 1. The smallest absolute Gasteiger partial charge is 0.331 e. The van der Waals surface area contributed by atoms with Crippen LogP contribution in [0.5, 0.6) is 0 Å². The molecule has 0 saturated carbocycles. The Balaban J connectivity index is 2.24. The highest BCUT2D eigenvalue weighted by molar-refractivity contribution is 8.00. The lowest BCUT2D eigenvalue weighted by molar-refractivity contribution is -0.385. The number of benzene rings is 1. The number of rotatable bonds is 3. The summed E-state index contributed by atoms with van der Waals surface area (Å²) in [6.45, 7) is 0. The molecule has 1 aliphatic rings. The highest BCUT2D eigenvalue weighted by Crippen LogP contribution is 2.33. The van der Waals surface area contributed by atoms with Gasteiger partial charge in [0.25, 0.3) is 5.69 Å². The Morgan fingerprint density at radius 1 is 1.53 bits per heavy atom. The number of nitro groups is 1. The van der Waals surface area contributed by atoms with Gasteiger partial charge in [-0.2, -0.15) is 0 Å². The Kier molecular flexibility index (Phi) is 3.30. The molecule has 6 nitrogen and oxygen atoms in total. The first-order chi connectivity index (χ1) is 8.09. The molecule has 90 valence electrons. The van der Waals surface area contributed by atoms with Crippen molar-refractivity contribution >= 4 is 23.4 Å². The van der Waals surface area contributed by atoms with E-state index in [0.717, 1.165) is 0 Å². The Labute approximate surface area is 101 Å². The molecule has 0 aliphatic carbocycles. The van der Waals surface area contributed by atoms with Crippen LogP contribution in [0.3, 0.4) is 0 Å². The summed E-state index contributed by atoms with van der Waals surface area (Å²) < 4.78 is 0.